The molecule has 0 saturated carbocycles. The van der Waals surface area contributed by atoms with Crippen LogP contribution in [0.5, 0.6) is 5.75 Å². The number of ether oxygens (including phenoxy) is 1. The largest absolute Gasteiger partial charge is 0.501 e. The van der Waals surface area contributed by atoms with Crippen molar-refractivity contribution >= 4 is 5.91 Å². The van der Waals surface area contributed by atoms with Crippen molar-refractivity contribution in [3.05, 3.63) is 57.0 Å². The van der Waals surface area contributed by atoms with Gasteiger partial charge in [-0.3, -0.25) is 9.59 Å². The highest BCUT2D eigenvalue weighted by Gasteiger charge is 2.28. The predicted octanol–water partition coefficient (Wildman–Crippen LogP) is 2.08. The number of aromatic nitrogens is 2. The summed E-state index contributed by atoms with van der Waals surface area (Å²) in [5, 5.41) is 9.98. The third kappa shape index (κ3) is 3.91. The summed E-state index contributed by atoms with van der Waals surface area (Å²) in [7, 11) is 2.95. The topological polar surface area (TPSA) is 95.5 Å². The maximum atomic E-state index is 13.4. The lowest BCUT2D eigenvalue weighted by atomic mass is 10.1. The monoisotopic (exact) mass is 363 g/mol. The highest BCUT2D eigenvalue weighted by molar-refractivity contribution is 5.94. The number of H-pyrrole nitrogens is 1. The normalized spacial score (nSPS) is 11.5. The van der Waals surface area contributed by atoms with Gasteiger partial charge in [-0.05, 0) is 38.0 Å². The van der Waals surface area contributed by atoms with Crippen LogP contribution in [0.4, 0.5) is 4.39 Å². The molecule has 0 aliphatic carbocycles. The molecular weight excluding hydrogens is 341 g/mol. The molecule has 0 bridgehead atoms. The minimum atomic E-state index is -0.950. The molecule has 0 aliphatic rings. The number of aromatic amines is 1. The van der Waals surface area contributed by atoms with Crippen LogP contribution in [-0.4, -0.2) is 40.0 Å². The molecule has 0 atom stereocenters. The van der Waals surface area contributed by atoms with Gasteiger partial charge in [0.1, 0.15) is 17.2 Å². The molecule has 2 rings (SSSR count). The molecular formula is C18H22FN3O4. The summed E-state index contributed by atoms with van der Waals surface area (Å²) < 4.78 is 18.6. The number of aryl methyl sites for hydroxylation is 1. The molecule has 0 aliphatic heterocycles. The third-order valence-corrected chi connectivity index (χ3v) is 4.17. The lowest BCUT2D eigenvalue weighted by Gasteiger charge is -2.23. The van der Waals surface area contributed by atoms with Gasteiger partial charge in [0.05, 0.1) is 0 Å². The van der Waals surface area contributed by atoms with E-state index in [0.29, 0.717) is 11.1 Å². The molecule has 8 heteroatoms. The van der Waals surface area contributed by atoms with Crippen LogP contribution in [-0.2, 0) is 16.9 Å². The van der Waals surface area contributed by atoms with Crippen LogP contribution in [0.1, 0.15) is 41.3 Å². The van der Waals surface area contributed by atoms with Crippen LogP contribution >= 0.6 is 0 Å². The fraction of sp³-hybridized carbons (Fsp3) is 0.389. The highest BCUT2D eigenvalue weighted by Crippen LogP contribution is 2.22. The van der Waals surface area contributed by atoms with Crippen LogP contribution in [0.25, 0.3) is 0 Å². The summed E-state index contributed by atoms with van der Waals surface area (Å²) >= 11 is 0. The lowest BCUT2D eigenvalue weighted by molar-refractivity contribution is 0.0109. The van der Waals surface area contributed by atoms with Gasteiger partial charge >= 0.3 is 0 Å². The lowest BCUT2D eigenvalue weighted by Crippen LogP contribution is -2.32. The first-order chi connectivity index (χ1) is 12.1. The zero-order valence-electron chi connectivity index (χ0n) is 15.4. The van der Waals surface area contributed by atoms with Crippen LogP contribution in [0, 0.1) is 12.7 Å². The first-order valence-electron chi connectivity index (χ1n) is 7.96. The number of methoxy groups -OCH3 is 1. The summed E-state index contributed by atoms with van der Waals surface area (Å²) in [6.07, 6.45) is 0. The number of carbonyl (C=O) groups is 1. The number of amides is 1. The summed E-state index contributed by atoms with van der Waals surface area (Å²) in [4.78, 5) is 32.4. The molecule has 0 radical (unpaired) electrons. The van der Waals surface area contributed by atoms with Crippen molar-refractivity contribution in [1.29, 1.82) is 0 Å². The minimum Gasteiger partial charge on any atom is -0.501 e. The predicted molar refractivity (Wildman–Crippen MR) is 93.5 cm³/mol. The fourth-order valence-corrected chi connectivity index (χ4v) is 2.33. The summed E-state index contributed by atoms with van der Waals surface area (Å²) in [6, 6.07) is 4.52. The van der Waals surface area contributed by atoms with Crippen molar-refractivity contribution < 1.29 is 19.0 Å². The average molecular weight is 363 g/mol. The Morgan fingerprint density at radius 2 is 2.08 bits per heavy atom. The third-order valence-electron chi connectivity index (χ3n) is 4.17. The Hall–Kier alpha value is -2.74. The number of benzene rings is 1. The first-order valence-corrected chi connectivity index (χ1v) is 7.96. The van der Waals surface area contributed by atoms with E-state index in [0.717, 1.165) is 0 Å². The van der Waals surface area contributed by atoms with E-state index in [4.69, 9.17) is 4.74 Å². The number of halogens is 1. The Morgan fingerprint density at radius 1 is 1.42 bits per heavy atom. The SMILES string of the molecule is COC(C)(C)c1nc(C(=O)N(C)Cc2ccc(F)c(C)c2)c(O)c(=O)[nH]1. The number of hydrogen-bond acceptors (Lipinski definition) is 5. The summed E-state index contributed by atoms with van der Waals surface area (Å²) in [5.41, 5.74) is -0.968. The zero-order chi connectivity index (χ0) is 19.6. The van der Waals surface area contributed by atoms with Crippen molar-refractivity contribution in [1.82, 2.24) is 14.9 Å². The van der Waals surface area contributed by atoms with Crippen molar-refractivity contribution in [2.75, 3.05) is 14.2 Å². The van der Waals surface area contributed by atoms with Crippen molar-refractivity contribution in [3.8, 4) is 5.75 Å². The Kier molecular flexibility index (Phi) is 5.46. The van der Waals surface area contributed by atoms with Gasteiger partial charge in [-0.25, -0.2) is 9.37 Å². The van der Waals surface area contributed by atoms with E-state index in [1.165, 1.54) is 25.1 Å². The summed E-state index contributed by atoms with van der Waals surface area (Å²) in [5.74, 6) is -1.60. The Bertz CT molecular complexity index is 892. The van der Waals surface area contributed by atoms with Crippen LogP contribution in [0.3, 0.4) is 0 Å². The van der Waals surface area contributed by atoms with Crippen LogP contribution in [0.2, 0.25) is 0 Å². The van der Waals surface area contributed by atoms with Crippen molar-refractivity contribution in [3.63, 3.8) is 0 Å². The number of hydrogen-bond donors (Lipinski definition) is 2. The molecule has 26 heavy (non-hydrogen) atoms. The Labute approximate surface area is 150 Å². The van der Waals surface area contributed by atoms with E-state index in [1.54, 1.807) is 32.9 Å². The molecule has 1 heterocycles. The van der Waals surface area contributed by atoms with E-state index in [2.05, 4.69) is 9.97 Å². The molecule has 0 unspecified atom stereocenters. The first kappa shape index (κ1) is 19.6. The second-order valence-corrected chi connectivity index (χ2v) is 6.57. The van der Waals surface area contributed by atoms with Gasteiger partial charge in [-0.2, -0.15) is 0 Å². The summed E-state index contributed by atoms with van der Waals surface area (Å²) in [6.45, 7) is 5.13. The van der Waals surface area contributed by atoms with Crippen LogP contribution < -0.4 is 5.56 Å². The fourth-order valence-electron chi connectivity index (χ4n) is 2.33. The van der Waals surface area contributed by atoms with Gasteiger partial charge in [0.2, 0.25) is 5.75 Å². The molecule has 0 fully saturated rings. The number of carbonyl (C=O) groups excluding carboxylic acids is 1. The number of nitrogens with zero attached hydrogens (tertiary/aromatic N) is 2. The molecule has 2 N–H and O–H groups in total. The maximum absolute atomic E-state index is 13.4. The van der Waals surface area contributed by atoms with Crippen molar-refractivity contribution in [2.24, 2.45) is 0 Å². The van der Waals surface area contributed by atoms with Crippen LogP contribution in [0.15, 0.2) is 23.0 Å². The smallest absolute Gasteiger partial charge is 0.294 e. The zero-order valence-corrected chi connectivity index (χ0v) is 15.4. The molecule has 140 valence electrons. The van der Waals surface area contributed by atoms with Gasteiger partial charge in [0.15, 0.2) is 5.69 Å². The maximum Gasteiger partial charge on any atom is 0.294 e. The Balaban J connectivity index is 2.35. The van der Waals surface area contributed by atoms with Gasteiger partial charge < -0.3 is 19.7 Å². The molecule has 1 aromatic carbocycles. The van der Waals surface area contributed by atoms with Gasteiger partial charge in [0.25, 0.3) is 11.5 Å². The molecule has 7 nitrogen and oxygen atoms in total. The molecule has 0 spiro atoms. The van der Waals surface area contributed by atoms with E-state index >= 15 is 0 Å². The quantitative estimate of drug-likeness (QED) is 0.848. The molecule has 1 aromatic heterocycles. The van der Waals surface area contributed by atoms with E-state index in [-0.39, 0.29) is 23.9 Å². The average Bonchev–Trinajstić information content (AvgIpc) is 2.59. The number of rotatable bonds is 5. The van der Waals surface area contributed by atoms with Crippen molar-refractivity contribution in [2.45, 2.75) is 32.9 Å². The Morgan fingerprint density at radius 3 is 2.65 bits per heavy atom. The highest BCUT2D eigenvalue weighted by atomic mass is 19.1. The second-order valence-electron chi connectivity index (χ2n) is 6.57. The van der Waals surface area contributed by atoms with Gasteiger partial charge in [0, 0.05) is 20.7 Å². The minimum absolute atomic E-state index is 0.122. The molecule has 1 amide bonds. The van der Waals surface area contributed by atoms with Gasteiger partial charge in [-0.1, -0.05) is 12.1 Å². The van der Waals surface area contributed by atoms with E-state index in [9.17, 15) is 19.1 Å². The van der Waals surface area contributed by atoms with E-state index < -0.39 is 22.8 Å². The second kappa shape index (κ2) is 7.25. The standard InChI is InChI=1S/C18H22FN3O4/c1-10-8-11(6-7-12(10)19)9-22(4)16(25)13-14(23)15(24)21-17(20-13)18(2,3)26-5/h6-8,23H,9H2,1-5H3,(H,20,21,24). The number of nitrogens with one attached hydrogen (secondary N) is 1. The number of aromatic hydroxyl groups is 1. The molecule has 2 aromatic rings. The van der Waals surface area contributed by atoms with Gasteiger partial charge in [-0.15, -0.1) is 0 Å². The van der Waals surface area contributed by atoms with E-state index in [1.807, 2.05) is 0 Å². The molecule has 0 saturated heterocycles.